The topological polar surface area (TPSA) is 125 Å². The van der Waals surface area contributed by atoms with Gasteiger partial charge in [0.2, 0.25) is 0 Å². The van der Waals surface area contributed by atoms with Gasteiger partial charge in [-0.25, -0.2) is 0 Å². The second-order valence-corrected chi connectivity index (χ2v) is 14.2. The first-order valence-electron chi connectivity index (χ1n) is 18.7. The molecule has 4 aromatic carbocycles. The number of amides is 2. The fourth-order valence-corrected chi connectivity index (χ4v) is 8.35. The Morgan fingerprint density at radius 1 is 0.431 bits per heavy atom. The van der Waals surface area contributed by atoms with E-state index in [0.29, 0.717) is 56.5 Å². The molecule has 2 spiro atoms. The third-order valence-electron chi connectivity index (χ3n) is 11.0. The number of anilines is 2. The number of rotatable bonds is 4. The second kappa shape index (κ2) is 14.1. The molecule has 2 aliphatic carbocycles. The zero-order valence-corrected chi connectivity index (χ0v) is 31.5. The number of fused-ring (bicyclic) bond motifs is 4. The van der Waals surface area contributed by atoms with Crippen molar-refractivity contribution in [2.45, 2.75) is 24.7 Å². The van der Waals surface area contributed by atoms with Gasteiger partial charge in [0.15, 0.2) is 22.4 Å². The van der Waals surface area contributed by atoms with E-state index in [-0.39, 0.29) is 23.4 Å². The van der Waals surface area contributed by atoms with Gasteiger partial charge in [-0.15, -0.1) is 0 Å². The van der Waals surface area contributed by atoms with Gasteiger partial charge in [0, 0.05) is 23.5 Å². The van der Waals surface area contributed by atoms with E-state index in [2.05, 4.69) is 20.2 Å². The van der Waals surface area contributed by atoms with Crippen molar-refractivity contribution in [2.24, 2.45) is 10.2 Å². The normalized spacial score (nSPS) is 20.5. The van der Waals surface area contributed by atoms with Gasteiger partial charge in [-0.2, -0.15) is 20.2 Å². The minimum Gasteiger partial charge on any atom is -0.289 e. The van der Waals surface area contributed by atoms with Crippen LogP contribution in [0.1, 0.15) is 57.1 Å². The molecule has 10 rings (SSSR count). The summed E-state index contributed by atoms with van der Waals surface area (Å²) in [5.41, 5.74) is 4.64. The first-order chi connectivity index (χ1) is 28.3. The average Bonchev–Trinajstić information content (AvgIpc) is 3.69. The Morgan fingerprint density at radius 3 is 1.14 bits per heavy atom. The van der Waals surface area contributed by atoms with E-state index in [4.69, 9.17) is 0 Å². The number of nitrogens with zero attached hydrogens (tertiary/aromatic N) is 6. The van der Waals surface area contributed by atoms with Crippen molar-refractivity contribution in [3.63, 3.8) is 0 Å². The lowest BCUT2D eigenvalue weighted by molar-refractivity contribution is -0.120. The van der Waals surface area contributed by atoms with Gasteiger partial charge in [-0.1, -0.05) is 97.1 Å². The number of para-hydroxylation sites is 2. The molecule has 2 amide bonds. The molecule has 0 radical (unpaired) electrons. The van der Waals surface area contributed by atoms with Gasteiger partial charge in [-0.3, -0.25) is 29.1 Å². The van der Waals surface area contributed by atoms with Crippen molar-refractivity contribution >= 4 is 57.3 Å². The average molecular weight is 759 g/mol. The van der Waals surface area contributed by atoms with E-state index in [0.717, 1.165) is 11.1 Å². The van der Waals surface area contributed by atoms with Crippen LogP contribution in [0.5, 0.6) is 0 Å². The van der Waals surface area contributed by atoms with E-state index in [1.54, 1.807) is 48.8 Å². The Labute approximate surface area is 334 Å². The summed E-state index contributed by atoms with van der Waals surface area (Å²) in [6.07, 6.45) is 6.36. The molecule has 10 heteroatoms. The number of carbonyl (C=O) groups excluding carboxylic acids is 4. The van der Waals surface area contributed by atoms with E-state index in [1.807, 2.05) is 135 Å². The number of ketones is 2. The molecule has 0 saturated carbocycles. The fraction of sp³-hybridized carbons (Fsp3) is 0.0833. The predicted octanol–water partition coefficient (Wildman–Crippen LogP) is 8.04. The molecule has 10 nitrogen and oxygen atoms in total. The van der Waals surface area contributed by atoms with Gasteiger partial charge in [0.05, 0.1) is 34.2 Å². The van der Waals surface area contributed by atoms with Crippen molar-refractivity contribution < 1.29 is 19.2 Å². The highest BCUT2D eigenvalue weighted by atomic mass is 16.2. The van der Waals surface area contributed by atoms with Crippen molar-refractivity contribution in [1.29, 1.82) is 0 Å². The number of hydrazone groups is 2. The van der Waals surface area contributed by atoms with Crippen LogP contribution in [-0.2, 0) is 20.4 Å². The molecule has 6 aromatic rings. The van der Waals surface area contributed by atoms with E-state index in [9.17, 15) is 19.2 Å². The van der Waals surface area contributed by atoms with Crippen LogP contribution < -0.4 is 10.0 Å². The van der Waals surface area contributed by atoms with Gasteiger partial charge in [0.1, 0.15) is 0 Å². The number of pyridine rings is 2. The molecule has 2 aliphatic heterocycles. The molecule has 280 valence electrons. The number of benzene rings is 4. The lowest BCUT2D eigenvalue weighted by Gasteiger charge is -2.34. The van der Waals surface area contributed by atoms with Crippen LogP contribution in [0.2, 0.25) is 0 Å². The summed E-state index contributed by atoms with van der Waals surface area (Å²) >= 11 is 0. The highest BCUT2D eigenvalue weighted by Crippen LogP contribution is 2.50. The summed E-state index contributed by atoms with van der Waals surface area (Å²) in [6.45, 7) is 3.65. The van der Waals surface area contributed by atoms with Crippen LogP contribution >= 0.6 is 0 Å². The third kappa shape index (κ3) is 5.33. The van der Waals surface area contributed by atoms with Gasteiger partial charge in [0.25, 0.3) is 11.8 Å². The molecule has 0 fully saturated rings. The van der Waals surface area contributed by atoms with Crippen LogP contribution in [-0.4, -0.2) is 44.8 Å². The predicted molar refractivity (Wildman–Crippen MR) is 223 cm³/mol. The molecule has 0 saturated heterocycles. The van der Waals surface area contributed by atoms with Crippen molar-refractivity contribution in [2.75, 3.05) is 10.0 Å². The summed E-state index contributed by atoms with van der Waals surface area (Å²) in [4.78, 5) is 62.8. The number of allylic oxidation sites excluding steroid dienone is 2. The monoisotopic (exact) mass is 758 g/mol. The zero-order valence-electron chi connectivity index (χ0n) is 31.5. The Kier molecular flexibility index (Phi) is 8.74. The number of hydrogen-bond donors (Lipinski definition) is 0. The van der Waals surface area contributed by atoms with Crippen LogP contribution in [0.3, 0.4) is 0 Å². The molecule has 0 N–H and O–H groups in total. The molecule has 4 aliphatic rings. The molecular weight excluding hydrogens is 725 g/mol. The van der Waals surface area contributed by atoms with Crippen molar-refractivity contribution in [1.82, 2.24) is 9.97 Å². The summed E-state index contributed by atoms with van der Waals surface area (Å²) in [6, 6.07) is 44.5. The van der Waals surface area contributed by atoms with E-state index < -0.39 is 10.8 Å². The van der Waals surface area contributed by atoms with Crippen LogP contribution in [0, 0.1) is 0 Å². The summed E-state index contributed by atoms with van der Waals surface area (Å²) in [7, 11) is 0. The Hall–Kier alpha value is -7.72. The molecule has 2 atom stereocenters. The van der Waals surface area contributed by atoms with Gasteiger partial charge < -0.3 is 0 Å². The Balaban J connectivity index is 0.000000150. The molecule has 0 unspecified atom stereocenters. The van der Waals surface area contributed by atoms with Crippen LogP contribution in [0.15, 0.2) is 180 Å². The fourth-order valence-electron chi connectivity index (χ4n) is 8.35. The largest absolute Gasteiger partial charge is 0.289 e. The maximum absolute atomic E-state index is 14.0. The quantitative estimate of drug-likeness (QED) is 0.179. The van der Waals surface area contributed by atoms with Crippen molar-refractivity contribution in [3.8, 4) is 0 Å². The van der Waals surface area contributed by atoms with E-state index in [1.165, 1.54) is 10.0 Å². The Bertz CT molecular complexity index is 2590. The molecular formula is C48H34N6O4. The lowest BCUT2D eigenvalue weighted by atomic mass is 9.66. The molecule has 2 aromatic heterocycles. The summed E-state index contributed by atoms with van der Waals surface area (Å²) in [5, 5.41) is 12.1. The number of hydrogen-bond acceptors (Lipinski definition) is 8. The number of aromatic nitrogens is 2. The molecule has 0 bridgehead atoms. The molecule has 4 heterocycles. The summed E-state index contributed by atoms with van der Waals surface area (Å²) < 4.78 is 0. The maximum atomic E-state index is 14.0. The van der Waals surface area contributed by atoms with Crippen molar-refractivity contribution in [3.05, 3.63) is 204 Å². The first-order valence-corrected chi connectivity index (χ1v) is 18.7. The first kappa shape index (κ1) is 35.9. The number of carbonyl (C=O) groups is 4. The SMILES string of the molecule is CC1=NN(c2ccccc2)C(=O)[C@@]12C(c1ccccc1)=CC(=O)c1cccnc12.CC1=NN(c2ccccc2)C(=O)[C@@]12C(c1ccccc1)=CC(=O)c1cccnc12. The minimum atomic E-state index is -1.23. The minimum absolute atomic E-state index is 0.156. The van der Waals surface area contributed by atoms with Crippen LogP contribution in [0.4, 0.5) is 11.4 Å². The zero-order chi connectivity index (χ0) is 40.0. The van der Waals surface area contributed by atoms with Crippen LogP contribution in [0.25, 0.3) is 11.1 Å². The molecule has 58 heavy (non-hydrogen) atoms. The van der Waals surface area contributed by atoms with Gasteiger partial charge >= 0.3 is 0 Å². The van der Waals surface area contributed by atoms with Gasteiger partial charge in [-0.05, 0) is 96.8 Å². The summed E-state index contributed by atoms with van der Waals surface area (Å²) in [5.74, 6) is -0.778. The standard InChI is InChI=1S/2C24H17N3O2/c2*1-16-24(23(29)27(26-16)18-11-6-3-7-12-18)20(17-9-4-2-5-10-17)15-21(28)19-13-8-14-25-22(19)24/h2*2-15H,1H3/t2*24-/m11/s1. The third-order valence-corrected chi connectivity index (χ3v) is 11.0. The van der Waals surface area contributed by atoms with E-state index >= 15 is 0 Å². The Morgan fingerprint density at radius 2 is 0.776 bits per heavy atom. The maximum Gasteiger partial charge on any atom is 0.270 e. The smallest absolute Gasteiger partial charge is 0.270 e. The second-order valence-electron chi connectivity index (χ2n) is 14.2. The highest BCUT2D eigenvalue weighted by Gasteiger charge is 2.59. The lowest BCUT2D eigenvalue weighted by Crippen LogP contribution is -2.47. The highest BCUT2D eigenvalue weighted by molar-refractivity contribution is 6.36.